The van der Waals surface area contributed by atoms with Gasteiger partial charge in [0.1, 0.15) is 0 Å². The molecule has 1 N–H and O–H groups in total. The van der Waals surface area contributed by atoms with E-state index in [0.717, 1.165) is 5.56 Å². The first-order chi connectivity index (χ1) is 13.4. The number of nitrogens with zero attached hydrogens (tertiary/aromatic N) is 2. The Morgan fingerprint density at radius 3 is 2.64 bits per heavy atom. The van der Waals surface area contributed by atoms with Crippen LogP contribution in [0.5, 0.6) is 0 Å². The number of nitro groups is 1. The summed E-state index contributed by atoms with van der Waals surface area (Å²) in [5.41, 5.74) is 3.40. The van der Waals surface area contributed by atoms with Gasteiger partial charge in [-0.3, -0.25) is 20.2 Å². The molecule has 1 aromatic heterocycles. The summed E-state index contributed by atoms with van der Waals surface area (Å²) < 4.78 is 0. The fourth-order valence-corrected chi connectivity index (χ4v) is 3.28. The van der Waals surface area contributed by atoms with Gasteiger partial charge in [0.15, 0.2) is 5.13 Å². The van der Waals surface area contributed by atoms with E-state index >= 15 is 0 Å². The smallest absolute Gasteiger partial charge is 0.270 e. The molecule has 0 bridgehead atoms. The van der Waals surface area contributed by atoms with Crippen LogP contribution in [0.25, 0.3) is 17.3 Å². The Hall–Kier alpha value is -3.32. The number of aromatic nitrogens is 1. The number of thiazole rings is 1. The zero-order chi connectivity index (χ0) is 20.1. The molecule has 0 aliphatic heterocycles. The molecule has 7 heteroatoms. The molecule has 0 aliphatic rings. The first-order valence-electron chi connectivity index (χ1n) is 8.72. The molecular formula is C21H19N3O3S. The first kappa shape index (κ1) is 19.4. The Bertz CT molecular complexity index is 1020. The number of carbonyl (C=O) groups excluding carboxylic acids is 1. The molecule has 0 aliphatic carbocycles. The SMILES string of the molecule is CC(C)c1ccc(C=CC(=O)Nc2nc(-c3cccc([N+](=O)[O-])c3)cs2)cc1. The van der Waals surface area contributed by atoms with Crippen LogP contribution in [0, 0.1) is 10.1 Å². The molecule has 1 amide bonds. The fourth-order valence-electron chi connectivity index (χ4n) is 2.55. The summed E-state index contributed by atoms with van der Waals surface area (Å²) in [6.45, 7) is 4.27. The number of nitro benzene ring substituents is 1. The summed E-state index contributed by atoms with van der Waals surface area (Å²) in [6, 6.07) is 14.3. The molecule has 3 rings (SSSR count). The summed E-state index contributed by atoms with van der Waals surface area (Å²) in [7, 11) is 0. The van der Waals surface area contributed by atoms with Crippen LogP contribution in [-0.2, 0) is 4.79 Å². The van der Waals surface area contributed by atoms with Crippen LogP contribution in [0.3, 0.4) is 0 Å². The molecule has 142 valence electrons. The minimum absolute atomic E-state index is 0.00232. The molecule has 0 fully saturated rings. The van der Waals surface area contributed by atoms with Crippen LogP contribution in [0.15, 0.2) is 60.0 Å². The zero-order valence-electron chi connectivity index (χ0n) is 15.5. The molecule has 28 heavy (non-hydrogen) atoms. The second-order valence-corrected chi connectivity index (χ2v) is 7.35. The van der Waals surface area contributed by atoms with E-state index in [1.807, 2.05) is 24.3 Å². The van der Waals surface area contributed by atoms with Crippen molar-refractivity contribution >= 4 is 34.1 Å². The van der Waals surface area contributed by atoms with E-state index in [4.69, 9.17) is 0 Å². The second kappa shape index (κ2) is 8.58. The topological polar surface area (TPSA) is 85.1 Å². The largest absolute Gasteiger partial charge is 0.298 e. The van der Waals surface area contributed by atoms with E-state index in [-0.39, 0.29) is 11.6 Å². The maximum atomic E-state index is 12.1. The monoisotopic (exact) mass is 393 g/mol. The van der Waals surface area contributed by atoms with Gasteiger partial charge >= 0.3 is 0 Å². The highest BCUT2D eigenvalue weighted by molar-refractivity contribution is 7.14. The van der Waals surface area contributed by atoms with Crippen LogP contribution in [-0.4, -0.2) is 15.8 Å². The average molecular weight is 393 g/mol. The molecule has 0 radical (unpaired) electrons. The molecule has 2 aromatic carbocycles. The lowest BCUT2D eigenvalue weighted by Gasteiger charge is -2.04. The number of amides is 1. The summed E-state index contributed by atoms with van der Waals surface area (Å²) >= 11 is 1.27. The van der Waals surface area contributed by atoms with Crippen molar-refractivity contribution in [1.29, 1.82) is 0 Å². The Morgan fingerprint density at radius 2 is 1.96 bits per heavy atom. The molecule has 1 heterocycles. The Labute approximate surface area is 166 Å². The standard InChI is InChI=1S/C21H19N3O3S/c1-14(2)16-9-6-15(7-10-16)8-11-20(25)23-21-22-19(13-28-21)17-4-3-5-18(12-17)24(26)27/h3-14H,1-2H3,(H,22,23,25). The van der Waals surface area contributed by atoms with Gasteiger partial charge in [-0.25, -0.2) is 4.98 Å². The van der Waals surface area contributed by atoms with Crippen LogP contribution in [0.2, 0.25) is 0 Å². The van der Waals surface area contributed by atoms with Crippen LogP contribution in [0.4, 0.5) is 10.8 Å². The predicted octanol–water partition coefficient (Wildman–Crippen LogP) is 5.49. The Balaban J connectivity index is 1.65. The van der Waals surface area contributed by atoms with Crippen molar-refractivity contribution in [2.24, 2.45) is 0 Å². The lowest BCUT2D eigenvalue weighted by Crippen LogP contribution is -2.07. The highest BCUT2D eigenvalue weighted by Crippen LogP contribution is 2.27. The predicted molar refractivity (Wildman–Crippen MR) is 112 cm³/mol. The molecule has 0 unspecified atom stereocenters. The van der Waals surface area contributed by atoms with Gasteiger partial charge in [0.25, 0.3) is 5.69 Å². The van der Waals surface area contributed by atoms with Gasteiger partial charge in [-0.05, 0) is 23.1 Å². The van der Waals surface area contributed by atoms with Gasteiger partial charge in [-0.15, -0.1) is 11.3 Å². The van der Waals surface area contributed by atoms with E-state index in [9.17, 15) is 14.9 Å². The number of benzene rings is 2. The summed E-state index contributed by atoms with van der Waals surface area (Å²) in [5.74, 6) is 0.180. The van der Waals surface area contributed by atoms with E-state index in [2.05, 4.69) is 24.1 Å². The maximum absolute atomic E-state index is 12.1. The molecule has 6 nitrogen and oxygen atoms in total. The zero-order valence-corrected chi connectivity index (χ0v) is 16.3. The van der Waals surface area contributed by atoms with Gasteiger partial charge < -0.3 is 0 Å². The van der Waals surface area contributed by atoms with E-state index in [1.54, 1.807) is 23.6 Å². The number of non-ortho nitro benzene ring substituents is 1. The lowest BCUT2D eigenvalue weighted by atomic mass is 10.0. The summed E-state index contributed by atoms with van der Waals surface area (Å²) in [4.78, 5) is 26.9. The van der Waals surface area contributed by atoms with E-state index in [1.165, 1.54) is 35.1 Å². The second-order valence-electron chi connectivity index (χ2n) is 6.49. The highest BCUT2D eigenvalue weighted by Gasteiger charge is 2.10. The number of anilines is 1. The minimum Gasteiger partial charge on any atom is -0.298 e. The van der Waals surface area contributed by atoms with Gasteiger partial charge in [-0.1, -0.05) is 50.2 Å². The minimum atomic E-state index is -0.447. The number of carbonyl (C=O) groups is 1. The molecule has 0 spiro atoms. The highest BCUT2D eigenvalue weighted by atomic mass is 32.1. The van der Waals surface area contributed by atoms with Gasteiger partial charge in [0.05, 0.1) is 10.6 Å². The third-order valence-corrected chi connectivity index (χ3v) is 4.88. The van der Waals surface area contributed by atoms with Gasteiger partial charge in [0.2, 0.25) is 5.91 Å². The summed E-state index contributed by atoms with van der Waals surface area (Å²) in [5, 5.41) is 15.8. The van der Waals surface area contributed by atoms with E-state index < -0.39 is 4.92 Å². The number of rotatable bonds is 6. The van der Waals surface area contributed by atoms with Crippen LogP contribution >= 0.6 is 11.3 Å². The normalized spacial score (nSPS) is 11.1. The van der Waals surface area contributed by atoms with Gasteiger partial charge in [0, 0.05) is 29.2 Å². The third-order valence-electron chi connectivity index (χ3n) is 4.12. The molecule has 0 saturated heterocycles. The Morgan fingerprint density at radius 1 is 1.21 bits per heavy atom. The van der Waals surface area contributed by atoms with Gasteiger partial charge in [-0.2, -0.15) is 0 Å². The molecule has 3 aromatic rings. The molecular weight excluding hydrogens is 374 g/mol. The quantitative estimate of drug-likeness (QED) is 0.341. The van der Waals surface area contributed by atoms with Crippen molar-refractivity contribution in [3.8, 4) is 11.3 Å². The lowest BCUT2D eigenvalue weighted by molar-refractivity contribution is -0.384. The number of hydrogen-bond donors (Lipinski definition) is 1. The average Bonchev–Trinajstić information content (AvgIpc) is 3.15. The molecule has 0 atom stereocenters. The van der Waals surface area contributed by atoms with Crippen LogP contribution in [0.1, 0.15) is 30.9 Å². The van der Waals surface area contributed by atoms with Crippen molar-refractivity contribution in [3.05, 3.63) is 81.2 Å². The fraction of sp³-hybridized carbons (Fsp3) is 0.143. The van der Waals surface area contributed by atoms with Crippen molar-refractivity contribution in [1.82, 2.24) is 4.98 Å². The third kappa shape index (κ3) is 4.89. The maximum Gasteiger partial charge on any atom is 0.270 e. The van der Waals surface area contributed by atoms with E-state index in [0.29, 0.717) is 22.3 Å². The Kier molecular flexibility index (Phi) is 5.96. The van der Waals surface area contributed by atoms with Crippen molar-refractivity contribution < 1.29 is 9.72 Å². The number of nitrogens with one attached hydrogen (secondary N) is 1. The van der Waals surface area contributed by atoms with Crippen molar-refractivity contribution in [3.63, 3.8) is 0 Å². The number of hydrogen-bond acceptors (Lipinski definition) is 5. The first-order valence-corrected chi connectivity index (χ1v) is 9.60. The summed E-state index contributed by atoms with van der Waals surface area (Å²) in [6.07, 6.45) is 3.20. The van der Waals surface area contributed by atoms with Crippen molar-refractivity contribution in [2.45, 2.75) is 19.8 Å². The van der Waals surface area contributed by atoms with Crippen molar-refractivity contribution in [2.75, 3.05) is 5.32 Å². The molecule has 0 saturated carbocycles. The van der Waals surface area contributed by atoms with Crippen LogP contribution < -0.4 is 5.32 Å².